The number of primary amides is 1. The van der Waals surface area contributed by atoms with E-state index in [-0.39, 0.29) is 24.3 Å². The van der Waals surface area contributed by atoms with E-state index in [1.165, 1.54) is 0 Å². The lowest BCUT2D eigenvalue weighted by molar-refractivity contribution is -0.118. The molecule has 0 fully saturated rings. The molecule has 0 aliphatic heterocycles. The zero-order valence-corrected chi connectivity index (χ0v) is 11.7. The molecule has 2 unspecified atom stereocenters. The van der Waals surface area contributed by atoms with E-state index in [2.05, 4.69) is 9.97 Å². The molecule has 1 amide bonds. The second kappa shape index (κ2) is 5.92. The number of aromatic nitrogens is 2. The second-order valence-electron chi connectivity index (χ2n) is 5.33. The summed E-state index contributed by atoms with van der Waals surface area (Å²) in [7, 11) is 0. The summed E-state index contributed by atoms with van der Waals surface area (Å²) in [5.41, 5.74) is 11.8. The number of hydrogen-bond acceptors (Lipinski definition) is 4. The number of H-pyrrole nitrogens is 2. The minimum Gasteiger partial charge on any atom is -0.370 e. The Morgan fingerprint density at radius 2 is 1.81 bits per heavy atom. The van der Waals surface area contributed by atoms with Gasteiger partial charge < -0.3 is 21.4 Å². The molecule has 112 valence electrons. The van der Waals surface area contributed by atoms with E-state index in [1.807, 2.05) is 6.92 Å². The molecule has 0 bridgehead atoms. The number of nitrogens with two attached hydrogens (primary N) is 2. The predicted molar refractivity (Wildman–Crippen MR) is 79.7 cm³/mol. The summed E-state index contributed by atoms with van der Waals surface area (Å²) in [6.07, 6.45) is 0.882. The highest BCUT2D eigenvalue weighted by Crippen LogP contribution is 2.22. The van der Waals surface area contributed by atoms with Crippen LogP contribution in [0.5, 0.6) is 0 Å². The van der Waals surface area contributed by atoms with Gasteiger partial charge in [0.15, 0.2) is 0 Å². The first-order valence-corrected chi connectivity index (χ1v) is 6.67. The first kappa shape index (κ1) is 15.0. The molecule has 21 heavy (non-hydrogen) atoms. The van der Waals surface area contributed by atoms with Crippen molar-refractivity contribution >= 4 is 16.9 Å². The van der Waals surface area contributed by atoms with Crippen molar-refractivity contribution in [3.05, 3.63) is 44.5 Å². The normalized spacial score (nSPS) is 14.0. The Morgan fingerprint density at radius 3 is 2.43 bits per heavy atom. The summed E-state index contributed by atoms with van der Waals surface area (Å²) < 4.78 is 0. The van der Waals surface area contributed by atoms with Crippen LogP contribution in [-0.2, 0) is 4.79 Å². The first-order valence-electron chi connectivity index (χ1n) is 6.67. The van der Waals surface area contributed by atoms with E-state index in [9.17, 15) is 14.4 Å². The number of amides is 1. The van der Waals surface area contributed by atoms with Gasteiger partial charge in [0.2, 0.25) is 5.91 Å². The van der Waals surface area contributed by atoms with Crippen LogP contribution in [0, 0.1) is 5.92 Å². The Labute approximate surface area is 120 Å². The van der Waals surface area contributed by atoms with Gasteiger partial charge in [-0.15, -0.1) is 0 Å². The van der Waals surface area contributed by atoms with Gasteiger partial charge in [-0.1, -0.05) is 13.0 Å². The number of carbonyl (C=O) groups excluding carboxylic acids is 1. The molecule has 6 N–H and O–H groups in total. The van der Waals surface area contributed by atoms with Gasteiger partial charge in [-0.2, -0.15) is 0 Å². The van der Waals surface area contributed by atoms with Crippen LogP contribution in [-0.4, -0.2) is 15.9 Å². The van der Waals surface area contributed by atoms with Crippen molar-refractivity contribution in [1.29, 1.82) is 0 Å². The molecule has 7 nitrogen and oxygen atoms in total. The number of nitrogens with one attached hydrogen (secondary N) is 2. The summed E-state index contributed by atoms with van der Waals surface area (Å²) in [5, 5.41) is 0. The molecule has 2 rings (SSSR count). The Bertz CT molecular complexity index is 778. The minimum absolute atomic E-state index is 0.0721. The molecular formula is C14H18N4O3. The summed E-state index contributed by atoms with van der Waals surface area (Å²) in [5.74, 6) is -0.280. The highest BCUT2D eigenvalue weighted by Gasteiger charge is 2.14. The highest BCUT2D eigenvalue weighted by atomic mass is 16.2. The summed E-state index contributed by atoms with van der Waals surface area (Å²) >= 11 is 0. The van der Waals surface area contributed by atoms with Crippen molar-refractivity contribution in [3.8, 4) is 0 Å². The van der Waals surface area contributed by atoms with Crippen molar-refractivity contribution in [3.63, 3.8) is 0 Å². The lowest BCUT2D eigenvalue weighted by atomic mass is 9.94. The number of fused-ring (bicyclic) bond motifs is 1. The summed E-state index contributed by atoms with van der Waals surface area (Å²) in [6, 6.07) is 4.94. The van der Waals surface area contributed by atoms with Crippen LogP contribution in [0.4, 0.5) is 0 Å². The average molecular weight is 290 g/mol. The van der Waals surface area contributed by atoms with Crippen molar-refractivity contribution in [1.82, 2.24) is 9.97 Å². The van der Waals surface area contributed by atoms with Gasteiger partial charge in [-0.25, -0.2) is 0 Å². The van der Waals surface area contributed by atoms with Crippen molar-refractivity contribution < 1.29 is 4.79 Å². The molecule has 1 aromatic carbocycles. The monoisotopic (exact) mass is 290 g/mol. The third-order valence-electron chi connectivity index (χ3n) is 3.38. The zero-order chi connectivity index (χ0) is 15.6. The van der Waals surface area contributed by atoms with Gasteiger partial charge >= 0.3 is 11.1 Å². The fourth-order valence-corrected chi connectivity index (χ4v) is 2.36. The van der Waals surface area contributed by atoms with Crippen LogP contribution in [0.25, 0.3) is 11.0 Å². The first-order chi connectivity index (χ1) is 9.86. The van der Waals surface area contributed by atoms with Gasteiger partial charge in [0.1, 0.15) is 0 Å². The summed E-state index contributed by atoms with van der Waals surface area (Å²) in [6.45, 7) is 1.91. The van der Waals surface area contributed by atoms with Gasteiger partial charge in [0, 0.05) is 12.5 Å². The van der Waals surface area contributed by atoms with Gasteiger partial charge in [0.05, 0.1) is 11.0 Å². The number of aromatic amines is 2. The molecule has 1 aromatic heterocycles. The van der Waals surface area contributed by atoms with Crippen LogP contribution in [0.2, 0.25) is 0 Å². The Balaban J connectivity index is 2.26. The third-order valence-corrected chi connectivity index (χ3v) is 3.38. The maximum absolute atomic E-state index is 11.3. The molecule has 0 aliphatic rings. The topological polar surface area (TPSA) is 135 Å². The smallest absolute Gasteiger partial charge is 0.314 e. The molecule has 1 heterocycles. The predicted octanol–water partition coefficient (Wildman–Crippen LogP) is 0.118. The van der Waals surface area contributed by atoms with Crippen LogP contribution >= 0.6 is 0 Å². The van der Waals surface area contributed by atoms with Crippen molar-refractivity contribution in [2.24, 2.45) is 17.4 Å². The summed E-state index contributed by atoms with van der Waals surface area (Å²) in [4.78, 5) is 38.4. The largest absolute Gasteiger partial charge is 0.370 e. The lowest BCUT2D eigenvalue weighted by Gasteiger charge is -2.17. The SMILES string of the molecule is CC(CC(N)=O)CC(N)c1ccc2[nH]c(=O)c(=O)[nH]c2c1. The number of hydrogen-bond donors (Lipinski definition) is 4. The molecule has 2 aromatic rings. The van der Waals surface area contributed by atoms with E-state index >= 15 is 0 Å². The maximum atomic E-state index is 11.3. The minimum atomic E-state index is -0.699. The quantitative estimate of drug-likeness (QED) is 0.581. The van der Waals surface area contributed by atoms with Gasteiger partial charge in [-0.05, 0) is 30.0 Å². The molecular weight excluding hydrogens is 272 g/mol. The van der Waals surface area contributed by atoms with Crippen molar-refractivity contribution in [2.75, 3.05) is 0 Å². The highest BCUT2D eigenvalue weighted by molar-refractivity contribution is 5.75. The fourth-order valence-electron chi connectivity index (χ4n) is 2.36. The van der Waals surface area contributed by atoms with E-state index in [1.54, 1.807) is 18.2 Å². The second-order valence-corrected chi connectivity index (χ2v) is 5.33. The molecule has 2 atom stereocenters. The Kier molecular flexibility index (Phi) is 4.23. The number of rotatable bonds is 5. The Morgan fingerprint density at radius 1 is 1.19 bits per heavy atom. The molecule has 0 saturated heterocycles. The standard InChI is InChI=1S/C14H18N4O3/c1-7(5-12(16)19)4-9(15)8-2-3-10-11(6-8)18-14(21)13(20)17-10/h2-3,6-7,9H,4-5,15H2,1H3,(H2,16,19)(H,17,20)(H,18,21). The molecule has 0 aliphatic carbocycles. The van der Waals surface area contributed by atoms with Gasteiger partial charge in [0.25, 0.3) is 0 Å². The Hall–Kier alpha value is -2.41. The van der Waals surface area contributed by atoms with Gasteiger partial charge in [-0.3, -0.25) is 14.4 Å². The van der Waals surface area contributed by atoms with Crippen molar-refractivity contribution in [2.45, 2.75) is 25.8 Å². The number of benzene rings is 1. The molecule has 7 heteroatoms. The van der Waals surface area contributed by atoms with E-state index in [0.29, 0.717) is 17.5 Å². The maximum Gasteiger partial charge on any atom is 0.314 e. The zero-order valence-electron chi connectivity index (χ0n) is 11.7. The van der Waals surface area contributed by atoms with E-state index < -0.39 is 11.1 Å². The molecule has 0 radical (unpaired) electrons. The lowest BCUT2D eigenvalue weighted by Crippen LogP contribution is -2.29. The van der Waals surface area contributed by atoms with Crippen LogP contribution in [0.15, 0.2) is 27.8 Å². The van der Waals surface area contributed by atoms with Crippen LogP contribution < -0.4 is 22.6 Å². The average Bonchev–Trinajstić information content (AvgIpc) is 2.38. The molecule has 0 saturated carbocycles. The van der Waals surface area contributed by atoms with E-state index in [0.717, 1.165) is 5.56 Å². The van der Waals surface area contributed by atoms with E-state index in [4.69, 9.17) is 11.5 Å². The molecule has 0 spiro atoms. The fraction of sp³-hybridized carbons (Fsp3) is 0.357. The third kappa shape index (κ3) is 3.57. The number of carbonyl (C=O) groups is 1. The van der Waals surface area contributed by atoms with Crippen LogP contribution in [0.3, 0.4) is 0 Å². The van der Waals surface area contributed by atoms with Crippen LogP contribution in [0.1, 0.15) is 31.4 Å².